The van der Waals surface area contributed by atoms with Crippen molar-refractivity contribution < 1.29 is 105 Å². The number of anilines is 5. The molecule has 32 heteroatoms. The van der Waals surface area contributed by atoms with Gasteiger partial charge in [-0.25, -0.2) is 14.3 Å². The van der Waals surface area contributed by atoms with Crippen molar-refractivity contribution in [2.24, 2.45) is 17.4 Å². The van der Waals surface area contributed by atoms with Crippen LogP contribution in [-0.4, -0.2) is 166 Å². The molecule has 2 saturated heterocycles. The number of carbonyl (C=O) groups is 6. The molecule has 82 heavy (non-hydrogen) atoms. The van der Waals surface area contributed by atoms with E-state index < -0.39 is 167 Å². The number of phenolic OH excluding ortho intramolecular Hbond substituents is 7. The smallest absolute Gasteiger partial charge is 0.291 e. The van der Waals surface area contributed by atoms with Crippen molar-refractivity contribution in [1.29, 1.82) is 0 Å². The molecular formula is C50H49N11O21. The predicted molar refractivity (Wildman–Crippen MR) is 274 cm³/mol. The SMILES string of the molecule is COc1ccc(-n2nc(C(N)=O)c3c2C(=O)N(c2c(O)c(O)c(N4C(=O)CCC(COc5ccc(-n6nc(C(N)=O)c7c6C(=O)N(c6c(O)c(N)c(N8C(=O)C(O)(O)CCC8(O)O)c(O)c6O)CC7)cc5)C4(O)O)c(O)c2O)CC3)cc1. The number of nitrogen functional groups attached to an aromatic ring is 1. The highest BCUT2D eigenvalue weighted by Gasteiger charge is 2.55. The molecule has 2 aromatic heterocycles. The Labute approximate surface area is 458 Å². The van der Waals surface area contributed by atoms with E-state index in [2.05, 4.69) is 10.2 Å². The summed E-state index contributed by atoms with van der Waals surface area (Å²) in [5, 5.41) is 153. The van der Waals surface area contributed by atoms with Crippen molar-refractivity contribution in [1.82, 2.24) is 19.6 Å². The molecule has 2 fully saturated rings. The van der Waals surface area contributed by atoms with Crippen molar-refractivity contribution in [3.63, 3.8) is 0 Å². The Balaban J connectivity index is 0.900. The zero-order valence-electron chi connectivity index (χ0n) is 42.4. The van der Waals surface area contributed by atoms with Gasteiger partial charge >= 0.3 is 0 Å². The van der Waals surface area contributed by atoms with E-state index in [1.165, 1.54) is 43.5 Å². The summed E-state index contributed by atoms with van der Waals surface area (Å²) in [6, 6.07) is 11.3. The summed E-state index contributed by atoms with van der Waals surface area (Å²) in [7, 11) is 1.42. The number of methoxy groups -OCH3 is 1. The number of nitrogens with two attached hydrogens (primary N) is 3. The zero-order chi connectivity index (χ0) is 59.6. The Morgan fingerprint density at radius 2 is 1.04 bits per heavy atom. The number of ether oxygens (including phenoxy) is 2. The van der Waals surface area contributed by atoms with E-state index in [4.69, 9.17) is 26.7 Å². The lowest BCUT2D eigenvalue weighted by Crippen LogP contribution is -2.64. The first-order valence-corrected chi connectivity index (χ1v) is 24.5. The number of aromatic nitrogens is 4. The molecule has 6 amide bonds. The number of piperidine rings is 2. The Kier molecular flexibility index (Phi) is 13.0. The van der Waals surface area contributed by atoms with Crippen LogP contribution in [0.2, 0.25) is 0 Å². The summed E-state index contributed by atoms with van der Waals surface area (Å²) in [5.41, 5.74) is 11.3. The zero-order valence-corrected chi connectivity index (χ0v) is 42.4. The molecule has 10 rings (SSSR count). The quantitative estimate of drug-likeness (QED) is 0.0275. The second-order valence-corrected chi connectivity index (χ2v) is 19.5. The van der Waals surface area contributed by atoms with E-state index in [0.29, 0.717) is 10.6 Å². The van der Waals surface area contributed by atoms with Gasteiger partial charge in [0.05, 0.1) is 31.0 Å². The number of benzene rings is 4. The molecule has 4 aliphatic rings. The molecule has 6 heterocycles. The summed E-state index contributed by atoms with van der Waals surface area (Å²) in [6.45, 7) is -1.48. The van der Waals surface area contributed by atoms with E-state index in [1.54, 1.807) is 12.1 Å². The van der Waals surface area contributed by atoms with Gasteiger partial charge in [-0.05, 0) is 67.8 Å². The molecule has 0 aliphatic carbocycles. The van der Waals surface area contributed by atoms with E-state index in [-0.39, 0.29) is 80.1 Å². The van der Waals surface area contributed by atoms with Gasteiger partial charge < -0.3 is 93.1 Å². The molecule has 0 radical (unpaired) electrons. The second kappa shape index (κ2) is 19.3. The van der Waals surface area contributed by atoms with Crippen LogP contribution in [0.5, 0.6) is 51.7 Å². The van der Waals surface area contributed by atoms with Gasteiger partial charge in [-0.1, -0.05) is 0 Å². The topological polar surface area (TPSA) is 511 Å². The van der Waals surface area contributed by atoms with E-state index in [1.807, 2.05) is 0 Å². The van der Waals surface area contributed by atoms with E-state index in [0.717, 1.165) is 14.3 Å². The maximum absolute atomic E-state index is 14.4. The number of nitrogens with zero attached hydrogens (tertiary/aromatic N) is 8. The monoisotopic (exact) mass is 1140 g/mol. The number of primary amides is 2. The molecule has 32 nitrogen and oxygen atoms in total. The Morgan fingerprint density at radius 1 is 0.598 bits per heavy atom. The van der Waals surface area contributed by atoms with Crippen molar-refractivity contribution in [3.05, 3.63) is 82.4 Å². The van der Waals surface area contributed by atoms with Crippen LogP contribution in [0.1, 0.15) is 78.8 Å². The number of hydrogen-bond donors (Lipinski definition) is 16. The van der Waals surface area contributed by atoms with E-state index >= 15 is 0 Å². The van der Waals surface area contributed by atoms with Crippen molar-refractivity contribution in [2.75, 3.05) is 52.1 Å². The lowest BCUT2D eigenvalue weighted by atomic mass is 9.92. The summed E-state index contributed by atoms with van der Waals surface area (Å²) < 4.78 is 13.1. The Bertz CT molecular complexity index is 3680. The highest BCUT2D eigenvalue weighted by atomic mass is 16.6. The first-order chi connectivity index (χ1) is 38.5. The fourth-order valence-corrected chi connectivity index (χ4v) is 10.5. The number of rotatable bonds is 12. The van der Waals surface area contributed by atoms with Gasteiger partial charge in [-0.15, -0.1) is 0 Å². The highest BCUT2D eigenvalue weighted by molar-refractivity contribution is 6.15. The summed E-state index contributed by atoms with van der Waals surface area (Å²) in [4.78, 5) is 81.8. The molecular weight excluding hydrogens is 1090 g/mol. The fraction of sp³-hybridized carbons (Fsp3) is 0.280. The maximum Gasteiger partial charge on any atom is 0.291 e. The summed E-state index contributed by atoms with van der Waals surface area (Å²) >= 11 is 0. The van der Waals surface area contributed by atoms with Crippen LogP contribution in [0.4, 0.5) is 28.4 Å². The molecule has 0 saturated carbocycles. The normalized spacial score (nSPS) is 18.4. The summed E-state index contributed by atoms with van der Waals surface area (Å²) in [5.74, 6) is -27.3. The van der Waals surface area contributed by atoms with Crippen LogP contribution in [-0.2, 0) is 22.4 Å². The highest BCUT2D eigenvalue weighted by Crippen LogP contribution is 2.59. The van der Waals surface area contributed by atoms with Crippen LogP contribution < -0.4 is 46.3 Å². The first kappa shape index (κ1) is 55.2. The number of aromatic hydroxyl groups is 7. The van der Waals surface area contributed by atoms with Gasteiger partial charge in [-0.2, -0.15) is 10.2 Å². The molecule has 1 atom stereocenters. The molecule has 430 valence electrons. The Hall–Kier alpha value is -10.1. The van der Waals surface area contributed by atoms with Crippen LogP contribution in [0.25, 0.3) is 11.4 Å². The van der Waals surface area contributed by atoms with Gasteiger partial charge in [0, 0.05) is 43.5 Å². The van der Waals surface area contributed by atoms with Gasteiger partial charge in [0.1, 0.15) is 51.3 Å². The minimum Gasteiger partial charge on any atom is -0.504 e. The van der Waals surface area contributed by atoms with Crippen molar-refractivity contribution in [2.45, 2.75) is 56.1 Å². The summed E-state index contributed by atoms with van der Waals surface area (Å²) in [6.07, 6.45) is -2.99. The molecule has 4 aliphatic heterocycles. The van der Waals surface area contributed by atoms with Gasteiger partial charge in [0.15, 0.2) is 51.6 Å². The van der Waals surface area contributed by atoms with Crippen LogP contribution in [0.3, 0.4) is 0 Å². The van der Waals surface area contributed by atoms with Crippen molar-refractivity contribution >= 4 is 63.9 Å². The molecule has 0 bridgehead atoms. The van der Waals surface area contributed by atoms with Gasteiger partial charge in [-0.3, -0.25) is 43.5 Å². The average molecular weight is 1140 g/mol. The number of fused-ring (bicyclic) bond motifs is 2. The molecule has 4 aromatic carbocycles. The predicted octanol–water partition coefficient (Wildman–Crippen LogP) is -1.90. The molecule has 1 unspecified atom stereocenters. The second-order valence-electron chi connectivity index (χ2n) is 19.5. The third-order valence-electron chi connectivity index (χ3n) is 14.6. The van der Waals surface area contributed by atoms with Crippen LogP contribution in [0.15, 0.2) is 48.5 Å². The minimum absolute atomic E-state index is 0.00647. The van der Waals surface area contributed by atoms with Crippen molar-refractivity contribution in [3.8, 4) is 63.1 Å². The van der Waals surface area contributed by atoms with E-state index in [9.17, 15) is 95.2 Å². The number of hydrogen-bond acceptors (Lipinski definition) is 24. The third-order valence-corrected chi connectivity index (χ3v) is 14.6. The molecule has 0 spiro atoms. The number of aliphatic hydroxyl groups is 6. The van der Waals surface area contributed by atoms with Gasteiger partial charge in [0.2, 0.25) is 11.7 Å². The van der Waals surface area contributed by atoms with Crippen LogP contribution >= 0.6 is 0 Å². The maximum atomic E-state index is 14.4. The number of phenols is 7. The number of amides is 6. The third kappa shape index (κ3) is 8.38. The first-order valence-electron chi connectivity index (χ1n) is 24.5. The largest absolute Gasteiger partial charge is 0.504 e. The minimum atomic E-state index is -3.36. The standard InChI is InChI=1S/C50H49N11O21/c1-81-22-7-3-20(4-8-22)60-31-25(29(54-60)44(53)71)13-17-57(46(31)73)34-39(66)41(68)35(42(69)40(34)67)58-26(62)11-2-19(50(58,79)80)18-82-23-9-5-21(6-10-23)61-30-24(28(55-61)43(52)70)12-16-56(45(30)72)33-36(63)27(51)32(37(64)38(33)65)59-47(74)48(75,76)14-15-49(59,77)78/h3-10,19,63-69,75-80H,2,11-18,51H2,1H3,(H2,52,70)(H2,53,71). The van der Waals surface area contributed by atoms with Gasteiger partial charge in [0.25, 0.3) is 41.4 Å². The fourth-order valence-electron chi connectivity index (χ4n) is 10.5. The molecule has 6 aromatic rings. The molecule has 19 N–H and O–H groups in total. The average Bonchev–Trinajstić information content (AvgIpc) is 1.79. The Morgan fingerprint density at radius 3 is 1.50 bits per heavy atom. The lowest BCUT2D eigenvalue weighted by molar-refractivity contribution is -0.237. The lowest BCUT2D eigenvalue weighted by Gasteiger charge is -2.44. The van der Waals surface area contributed by atoms with Crippen LogP contribution in [0, 0.1) is 5.92 Å². The number of carbonyl (C=O) groups excluding carboxylic acids is 6.